The lowest BCUT2D eigenvalue weighted by molar-refractivity contribution is -0.158. The molecule has 0 unspecified atom stereocenters. The fourth-order valence-corrected chi connectivity index (χ4v) is 5.16. The number of carbonyl (C=O) groups is 2. The van der Waals surface area contributed by atoms with Gasteiger partial charge >= 0.3 is 12.1 Å². The SMILES string of the molecule is C[C@H]1CN(CCCCCC(=O)O[C@H]2CN3CCC2CC3)CC[C@H]1NC(=O)OC(C)(C)C. The second-order valence-corrected chi connectivity index (χ2v) is 10.8. The Hall–Kier alpha value is -1.34. The molecular weight excluding hydrogens is 394 g/mol. The summed E-state index contributed by atoms with van der Waals surface area (Å²) in [6.45, 7) is 14.2. The van der Waals surface area contributed by atoms with Crippen LogP contribution in [-0.2, 0) is 14.3 Å². The minimum absolute atomic E-state index is 0.0126. The van der Waals surface area contributed by atoms with Crippen LogP contribution in [0.25, 0.3) is 0 Å². The Morgan fingerprint density at radius 1 is 1.00 bits per heavy atom. The zero-order valence-electron chi connectivity index (χ0n) is 20.0. The van der Waals surface area contributed by atoms with Crippen LogP contribution in [0.15, 0.2) is 0 Å². The Labute approximate surface area is 188 Å². The maximum Gasteiger partial charge on any atom is 0.407 e. The van der Waals surface area contributed by atoms with Crippen LogP contribution in [-0.4, -0.2) is 78.9 Å². The first-order valence-electron chi connectivity index (χ1n) is 12.3. The van der Waals surface area contributed by atoms with Crippen LogP contribution < -0.4 is 5.32 Å². The molecule has 0 aromatic heterocycles. The molecular formula is C24H43N3O4. The summed E-state index contributed by atoms with van der Waals surface area (Å²) in [4.78, 5) is 29.1. The first-order valence-corrected chi connectivity index (χ1v) is 12.3. The average Bonchev–Trinajstić information content (AvgIpc) is 2.69. The van der Waals surface area contributed by atoms with Crippen molar-refractivity contribution in [3.05, 3.63) is 0 Å². The maximum atomic E-state index is 12.2. The Balaban J connectivity index is 1.24. The summed E-state index contributed by atoms with van der Waals surface area (Å²) in [5, 5.41) is 3.04. The van der Waals surface area contributed by atoms with Crippen LogP contribution in [0, 0.1) is 11.8 Å². The van der Waals surface area contributed by atoms with Crippen molar-refractivity contribution < 1.29 is 19.1 Å². The third-order valence-electron chi connectivity index (χ3n) is 6.93. The van der Waals surface area contributed by atoms with Gasteiger partial charge in [-0.05, 0) is 84.3 Å². The summed E-state index contributed by atoms with van der Waals surface area (Å²) in [6, 6.07) is 0.173. The Kier molecular flexibility index (Phi) is 8.62. The normalized spacial score (nSPS) is 31.3. The van der Waals surface area contributed by atoms with E-state index in [1.54, 1.807) is 0 Å². The first-order chi connectivity index (χ1) is 14.7. The number of piperidine rings is 4. The van der Waals surface area contributed by atoms with Crippen LogP contribution >= 0.6 is 0 Å². The molecule has 4 rings (SSSR count). The van der Waals surface area contributed by atoms with Gasteiger partial charge in [0.25, 0.3) is 0 Å². The fraction of sp³-hybridized carbons (Fsp3) is 0.917. The molecule has 7 nitrogen and oxygen atoms in total. The molecule has 4 aliphatic heterocycles. The molecule has 0 aromatic rings. The monoisotopic (exact) mass is 437 g/mol. The molecule has 7 heteroatoms. The van der Waals surface area contributed by atoms with Gasteiger partial charge in [-0.1, -0.05) is 13.3 Å². The summed E-state index contributed by atoms with van der Waals surface area (Å²) in [5.74, 6) is 0.975. The number of alkyl carbamates (subject to hydrolysis) is 1. The van der Waals surface area contributed by atoms with E-state index in [1.807, 2.05) is 20.8 Å². The topological polar surface area (TPSA) is 71.1 Å². The third-order valence-corrected chi connectivity index (χ3v) is 6.93. The van der Waals surface area contributed by atoms with Gasteiger partial charge in [-0.25, -0.2) is 4.79 Å². The van der Waals surface area contributed by atoms with Gasteiger partial charge in [0.2, 0.25) is 0 Å². The molecule has 1 amide bonds. The number of unbranched alkanes of at least 4 members (excludes halogenated alkanes) is 2. The van der Waals surface area contributed by atoms with E-state index in [0.29, 0.717) is 18.3 Å². The molecule has 4 heterocycles. The lowest BCUT2D eigenvalue weighted by Crippen LogP contribution is -2.51. The highest BCUT2D eigenvalue weighted by Gasteiger charge is 2.36. The van der Waals surface area contributed by atoms with Gasteiger partial charge in [0.05, 0.1) is 0 Å². The van der Waals surface area contributed by atoms with Gasteiger partial charge in [0.15, 0.2) is 0 Å². The van der Waals surface area contributed by atoms with Gasteiger partial charge in [0.1, 0.15) is 11.7 Å². The highest BCUT2D eigenvalue weighted by molar-refractivity contribution is 5.69. The zero-order valence-corrected chi connectivity index (χ0v) is 20.0. The number of esters is 1. The van der Waals surface area contributed by atoms with Crippen molar-refractivity contribution >= 4 is 12.1 Å². The molecule has 2 bridgehead atoms. The third kappa shape index (κ3) is 7.94. The molecule has 178 valence electrons. The molecule has 4 saturated heterocycles. The van der Waals surface area contributed by atoms with Crippen molar-refractivity contribution in [2.24, 2.45) is 11.8 Å². The highest BCUT2D eigenvalue weighted by atomic mass is 16.6. The van der Waals surface area contributed by atoms with Crippen molar-refractivity contribution in [2.45, 2.75) is 90.4 Å². The largest absolute Gasteiger partial charge is 0.461 e. The smallest absolute Gasteiger partial charge is 0.407 e. The van der Waals surface area contributed by atoms with Crippen LogP contribution in [0.3, 0.4) is 0 Å². The number of ether oxygens (including phenoxy) is 2. The van der Waals surface area contributed by atoms with Gasteiger partial charge in [-0.3, -0.25) is 9.69 Å². The summed E-state index contributed by atoms with van der Waals surface area (Å²) >= 11 is 0. The standard InChI is InChI=1S/C24H43N3O4/c1-18-16-26(15-11-20(18)25-23(29)31-24(2,3)4)12-7-5-6-8-22(28)30-21-17-27-13-9-19(21)10-14-27/h18-21H,5-17H2,1-4H3,(H,25,29)/t18-,20+,21-/m0/s1. The number of amides is 1. The number of nitrogens with one attached hydrogen (secondary N) is 1. The van der Waals surface area contributed by atoms with Crippen molar-refractivity contribution in [3.63, 3.8) is 0 Å². The van der Waals surface area contributed by atoms with Gasteiger partial charge in [0, 0.05) is 32.1 Å². The molecule has 0 aromatic carbocycles. The summed E-state index contributed by atoms with van der Waals surface area (Å²) in [6.07, 6.45) is 6.74. The highest BCUT2D eigenvalue weighted by Crippen LogP contribution is 2.29. The van der Waals surface area contributed by atoms with Crippen LogP contribution in [0.2, 0.25) is 0 Å². The Morgan fingerprint density at radius 2 is 1.74 bits per heavy atom. The molecule has 1 N–H and O–H groups in total. The summed E-state index contributed by atoms with van der Waals surface area (Å²) in [5.41, 5.74) is -0.464. The van der Waals surface area contributed by atoms with E-state index in [4.69, 9.17) is 9.47 Å². The fourth-order valence-electron chi connectivity index (χ4n) is 5.16. The van der Waals surface area contributed by atoms with E-state index in [9.17, 15) is 9.59 Å². The van der Waals surface area contributed by atoms with Crippen LogP contribution in [0.5, 0.6) is 0 Å². The van der Waals surface area contributed by atoms with E-state index in [0.717, 1.165) is 51.9 Å². The number of rotatable bonds is 8. The summed E-state index contributed by atoms with van der Waals surface area (Å²) in [7, 11) is 0. The van der Waals surface area contributed by atoms with Crippen molar-refractivity contribution in [2.75, 3.05) is 39.3 Å². The molecule has 31 heavy (non-hydrogen) atoms. The Bertz CT molecular complexity index is 598. The average molecular weight is 438 g/mol. The van der Waals surface area contributed by atoms with Gasteiger partial charge < -0.3 is 19.7 Å². The van der Waals surface area contributed by atoms with E-state index in [1.165, 1.54) is 25.9 Å². The second-order valence-electron chi connectivity index (χ2n) is 10.8. The lowest BCUT2D eigenvalue weighted by atomic mass is 9.86. The van der Waals surface area contributed by atoms with Crippen molar-refractivity contribution in [1.29, 1.82) is 0 Å². The number of carbonyl (C=O) groups excluding carboxylic acids is 2. The summed E-state index contributed by atoms with van der Waals surface area (Å²) < 4.78 is 11.2. The number of likely N-dealkylation sites (tertiary alicyclic amines) is 1. The Morgan fingerprint density at radius 3 is 2.35 bits per heavy atom. The lowest BCUT2D eigenvalue weighted by Gasteiger charge is -2.43. The number of hydrogen-bond donors (Lipinski definition) is 1. The first kappa shape index (κ1) is 24.3. The molecule has 0 saturated carbocycles. The molecule has 0 radical (unpaired) electrons. The van der Waals surface area contributed by atoms with E-state index in [2.05, 4.69) is 22.0 Å². The van der Waals surface area contributed by atoms with Crippen LogP contribution in [0.1, 0.15) is 72.6 Å². The molecule has 4 aliphatic rings. The van der Waals surface area contributed by atoms with Gasteiger partial charge in [-0.2, -0.15) is 0 Å². The predicted octanol–water partition coefficient (Wildman–Crippen LogP) is 3.42. The maximum absolute atomic E-state index is 12.2. The zero-order chi connectivity index (χ0) is 22.4. The second kappa shape index (κ2) is 11.0. The van der Waals surface area contributed by atoms with Crippen molar-refractivity contribution in [3.8, 4) is 0 Å². The van der Waals surface area contributed by atoms with E-state index >= 15 is 0 Å². The van der Waals surface area contributed by atoms with Crippen molar-refractivity contribution in [1.82, 2.24) is 15.1 Å². The quantitative estimate of drug-likeness (QED) is 0.463. The number of nitrogens with zero attached hydrogens (tertiary/aromatic N) is 2. The number of fused-ring (bicyclic) bond motifs is 3. The molecule has 3 atom stereocenters. The minimum Gasteiger partial charge on any atom is -0.461 e. The minimum atomic E-state index is -0.464. The van der Waals surface area contributed by atoms with Gasteiger partial charge in [-0.15, -0.1) is 0 Å². The molecule has 4 fully saturated rings. The van der Waals surface area contributed by atoms with E-state index in [-0.39, 0.29) is 24.2 Å². The number of hydrogen-bond acceptors (Lipinski definition) is 6. The predicted molar refractivity (Wildman–Crippen MR) is 121 cm³/mol. The molecule has 0 spiro atoms. The van der Waals surface area contributed by atoms with Crippen LogP contribution in [0.4, 0.5) is 4.79 Å². The van der Waals surface area contributed by atoms with E-state index < -0.39 is 5.60 Å². The molecule has 0 aliphatic carbocycles.